The molecule has 0 bridgehead atoms. The van der Waals surface area contributed by atoms with Crippen LogP contribution in [-0.4, -0.2) is 157 Å². The lowest BCUT2D eigenvalue weighted by Gasteiger charge is -2.35. The Morgan fingerprint density at radius 3 is 0.866 bits per heavy atom. The molecule has 2 unspecified atom stereocenters. The average molecular weight is 1590 g/mol. The molecule has 1 aliphatic heterocycles. The van der Waals surface area contributed by atoms with Crippen LogP contribution in [0.5, 0.6) is 0 Å². The molecule has 1 heterocycles. The molecule has 0 aromatic carbocycles. The van der Waals surface area contributed by atoms with Crippen LogP contribution in [0.25, 0.3) is 0 Å². The summed E-state index contributed by atoms with van der Waals surface area (Å²) in [5.74, 6) is 0.410. The first-order valence-electron chi connectivity index (χ1n) is 50.0. The minimum absolute atomic E-state index is 0.00440. The van der Waals surface area contributed by atoms with Crippen LogP contribution in [0.3, 0.4) is 0 Å². The summed E-state index contributed by atoms with van der Waals surface area (Å²) in [5, 5.41) is 21.5. The van der Waals surface area contributed by atoms with Crippen molar-refractivity contribution < 1.29 is 48.3 Å². The maximum Gasteiger partial charge on any atom is 0.306 e. The van der Waals surface area contributed by atoms with Gasteiger partial charge in [0.25, 0.3) is 0 Å². The van der Waals surface area contributed by atoms with Crippen LogP contribution in [0.15, 0.2) is 0 Å². The van der Waals surface area contributed by atoms with Gasteiger partial charge in [0.2, 0.25) is 11.8 Å². The fourth-order valence-corrected chi connectivity index (χ4v) is 16.4. The lowest BCUT2D eigenvalue weighted by atomic mass is 10.0. The van der Waals surface area contributed by atoms with Crippen molar-refractivity contribution in [2.75, 3.05) is 78.7 Å². The quantitative estimate of drug-likeness (QED) is 0.0338. The third-order valence-electron chi connectivity index (χ3n) is 24.0. The molecule has 0 saturated carbocycles. The summed E-state index contributed by atoms with van der Waals surface area (Å²) in [6.45, 7) is 23.6. The molecule has 1 aliphatic rings. The fraction of sp³-hybridized carbons (Fsp3) is 0.959. The highest BCUT2D eigenvalue weighted by Crippen LogP contribution is 2.24. The van der Waals surface area contributed by atoms with Crippen LogP contribution in [0, 0.1) is 0 Å². The van der Waals surface area contributed by atoms with Gasteiger partial charge in [-0.3, -0.25) is 19.2 Å². The third kappa shape index (κ3) is 72.8. The Morgan fingerprint density at radius 1 is 0.268 bits per heavy atom. The highest BCUT2D eigenvalue weighted by Gasteiger charge is 2.25. The number of nitrogens with zero attached hydrogens (tertiary/aromatic N) is 4. The molecule has 112 heavy (non-hydrogen) atoms. The summed E-state index contributed by atoms with van der Waals surface area (Å²) in [6, 6.07) is 0. The highest BCUT2D eigenvalue weighted by molar-refractivity contribution is 5.78. The van der Waals surface area contributed by atoms with E-state index in [4.69, 9.17) is 18.9 Å². The van der Waals surface area contributed by atoms with Crippen molar-refractivity contribution in [2.45, 2.75) is 529 Å². The monoisotopic (exact) mass is 1590 g/mol. The Morgan fingerprint density at radius 2 is 0.518 bits per heavy atom. The van der Waals surface area contributed by atoms with Crippen molar-refractivity contribution in [1.29, 1.82) is 0 Å². The number of amides is 2. The third-order valence-corrected chi connectivity index (χ3v) is 24.0. The molecular formula is C98H192N4O10. The molecule has 0 aliphatic carbocycles. The topological polar surface area (TPSA) is 159 Å². The predicted molar refractivity (Wildman–Crippen MR) is 476 cm³/mol. The molecular weight excluding hydrogens is 1390 g/mol. The summed E-state index contributed by atoms with van der Waals surface area (Å²) >= 11 is 0. The van der Waals surface area contributed by atoms with Crippen LogP contribution in [-0.2, 0) is 38.1 Å². The molecule has 0 spiro atoms. The van der Waals surface area contributed by atoms with E-state index in [1.54, 1.807) is 0 Å². The number of rotatable bonds is 90. The first kappa shape index (κ1) is 108. The van der Waals surface area contributed by atoms with Crippen LogP contribution in [0.2, 0.25) is 0 Å². The molecule has 1 saturated heterocycles. The zero-order valence-corrected chi connectivity index (χ0v) is 75.7. The van der Waals surface area contributed by atoms with Crippen LogP contribution in [0.1, 0.15) is 504 Å². The Balaban J connectivity index is 2.72. The normalized spacial score (nSPS) is 13.3. The van der Waals surface area contributed by atoms with Crippen molar-refractivity contribution in [3.63, 3.8) is 0 Å². The van der Waals surface area contributed by atoms with Gasteiger partial charge in [-0.25, -0.2) is 0 Å². The number of esters is 2. The smallest absolute Gasteiger partial charge is 0.306 e. The van der Waals surface area contributed by atoms with Crippen molar-refractivity contribution in [3.8, 4) is 0 Å². The van der Waals surface area contributed by atoms with E-state index < -0.39 is 12.6 Å². The number of piperazine rings is 1. The number of ether oxygens (including phenoxy) is 4. The van der Waals surface area contributed by atoms with Gasteiger partial charge in [0.1, 0.15) is 6.10 Å². The number of carbonyl (C=O) groups excluding carboxylic acids is 4. The van der Waals surface area contributed by atoms with Gasteiger partial charge in [0, 0.05) is 58.5 Å². The molecule has 14 heteroatoms. The van der Waals surface area contributed by atoms with Gasteiger partial charge >= 0.3 is 11.9 Å². The van der Waals surface area contributed by atoms with E-state index in [9.17, 15) is 29.4 Å². The molecule has 0 radical (unpaired) electrons. The molecule has 2 N–H and O–H groups in total. The van der Waals surface area contributed by atoms with Crippen LogP contribution >= 0.6 is 0 Å². The number of hydrogen-bond donors (Lipinski definition) is 2. The zero-order valence-electron chi connectivity index (χ0n) is 75.7. The summed E-state index contributed by atoms with van der Waals surface area (Å²) in [5.41, 5.74) is 0. The van der Waals surface area contributed by atoms with Gasteiger partial charge in [-0.1, -0.05) is 337 Å². The lowest BCUT2D eigenvalue weighted by Crippen LogP contribution is -2.50. The second kappa shape index (κ2) is 85.1. The lowest BCUT2D eigenvalue weighted by molar-refractivity contribution is -0.150. The summed E-state index contributed by atoms with van der Waals surface area (Å²) in [4.78, 5) is 62.2. The molecule has 2 amide bonds. The van der Waals surface area contributed by atoms with Crippen molar-refractivity contribution in [3.05, 3.63) is 0 Å². The largest absolute Gasteiger partial charge is 0.466 e. The predicted octanol–water partition coefficient (Wildman–Crippen LogP) is 27.0. The second-order valence-corrected chi connectivity index (χ2v) is 34.8. The van der Waals surface area contributed by atoms with E-state index in [1.165, 1.54) is 250 Å². The van der Waals surface area contributed by atoms with Gasteiger partial charge in [0.15, 0.2) is 12.6 Å². The maximum atomic E-state index is 13.7. The van der Waals surface area contributed by atoms with Gasteiger partial charge < -0.3 is 48.8 Å². The Bertz CT molecular complexity index is 1940. The Hall–Kier alpha value is -2.36. The summed E-state index contributed by atoms with van der Waals surface area (Å²) in [6.07, 6.45) is 80.5. The molecule has 1 fully saturated rings. The van der Waals surface area contributed by atoms with E-state index in [1.807, 2.05) is 9.80 Å². The number of carbonyl (C=O) groups is 4. The minimum atomic E-state index is -0.656. The van der Waals surface area contributed by atoms with Crippen molar-refractivity contribution >= 4 is 23.8 Å². The molecule has 2 atom stereocenters. The van der Waals surface area contributed by atoms with Gasteiger partial charge in [0.05, 0.1) is 12.7 Å². The summed E-state index contributed by atoms with van der Waals surface area (Å²) < 4.78 is 23.8. The maximum absolute atomic E-state index is 13.7. The molecule has 0 aromatic heterocycles. The van der Waals surface area contributed by atoms with E-state index in [2.05, 4.69) is 51.3 Å². The van der Waals surface area contributed by atoms with Gasteiger partial charge in [-0.15, -0.1) is 0 Å². The van der Waals surface area contributed by atoms with Crippen molar-refractivity contribution in [2.24, 2.45) is 0 Å². The fourth-order valence-electron chi connectivity index (χ4n) is 16.4. The zero-order chi connectivity index (χ0) is 81.2. The van der Waals surface area contributed by atoms with E-state index in [0.29, 0.717) is 65.1 Å². The van der Waals surface area contributed by atoms with E-state index >= 15 is 0 Å². The molecule has 14 nitrogen and oxygen atoms in total. The Labute approximate surface area is 695 Å². The average Bonchev–Trinajstić information content (AvgIpc) is 0.869. The van der Waals surface area contributed by atoms with Crippen LogP contribution in [0.4, 0.5) is 0 Å². The molecule has 664 valence electrons. The second-order valence-electron chi connectivity index (χ2n) is 34.8. The number of aliphatic hydroxyl groups is 2. The first-order chi connectivity index (χ1) is 55.0. The van der Waals surface area contributed by atoms with Gasteiger partial charge in [-0.2, -0.15) is 0 Å². The standard InChI is InChI=1S/C98H192N4O10/c1-7-13-19-25-31-49-67-89-109-95(105)75-55-41-33-45-61-79-99(81-63-47-35-43-57-77-97(107)111-91(69-51-37-27-21-15-9-3)70-52-38-28-22-16-10-4)83-65-59-73-93(103)101-85-87-102(88-86-101)94(104)74-60-66-84-100(80-62-46-34-42-56-76-96(106)110-90-68-50-32-26-20-14-8-2)82-64-48-36-44-58-78-98(108)112-92(71-53-39-29-23-17-11-5)72-54-40-30-24-18-12-6/h91-92,95,97,105,107H,7-90H2,1-6H3. The highest BCUT2D eigenvalue weighted by atomic mass is 16.6. The van der Waals surface area contributed by atoms with E-state index in [0.717, 1.165) is 225 Å². The number of unbranched alkanes of at least 4 members (excludes halogenated alkanes) is 50. The number of hydrogen-bond acceptors (Lipinski definition) is 12. The Kier molecular flexibility index (Phi) is 81.8. The molecule has 1 rings (SSSR count). The summed E-state index contributed by atoms with van der Waals surface area (Å²) in [7, 11) is 0. The molecule has 0 aromatic rings. The van der Waals surface area contributed by atoms with Gasteiger partial charge in [-0.05, 0) is 181 Å². The van der Waals surface area contributed by atoms with Crippen LogP contribution < -0.4 is 0 Å². The SMILES string of the molecule is CCCCCCCCCOC(=O)CCCCCCCN(CCCCCCCC(=O)OC(CCCCCCCC)CCCCCCCC)CCCCC(=O)N1CCN(C(=O)CCCCN(CCCCCCCC(O)OCCCCCCCCC)CCCCCCCC(O)OC(CCCCCCCC)CCCCCCCC)CC1. The van der Waals surface area contributed by atoms with Crippen molar-refractivity contribution in [1.82, 2.24) is 19.6 Å². The number of aliphatic hydroxyl groups excluding tert-OH is 2. The minimum Gasteiger partial charge on any atom is -0.466 e. The van der Waals surface area contributed by atoms with E-state index in [-0.39, 0.29) is 36.0 Å². The first-order valence-corrected chi connectivity index (χ1v) is 50.0.